The number of ether oxygens (including phenoxy) is 2. The highest BCUT2D eigenvalue weighted by atomic mass is 35.5. The molecule has 5 rings (SSSR count). The molecule has 0 radical (unpaired) electrons. The highest BCUT2D eigenvalue weighted by Crippen LogP contribution is 2.57. The number of anilines is 1. The third-order valence-electron chi connectivity index (χ3n) is 6.99. The zero-order valence-corrected chi connectivity index (χ0v) is 20.4. The minimum Gasteiger partial charge on any atom is -0.469 e. The number of carbonyl (C=O) groups is 4. The molecule has 3 aliphatic carbocycles. The third-order valence-corrected chi connectivity index (χ3v) is 7.18. The Kier molecular flexibility index (Phi) is 8.26. The number of rotatable bonds is 7. The van der Waals surface area contributed by atoms with E-state index in [0.29, 0.717) is 17.6 Å². The Balaban J connectivity index is 0.000000327. The number of hydrogen-bond acceptors (Lipinski definition) is 10. The molecule has 3 fully saturated rings. The first kappa shape index (κ1) is 26.3. The molecule has 0 aliphatic heterocycles. The Morgan fingerprint density at radius 1 is 1.06 bits per heavy atom. The molecule has 3 aliphatic rings. The van der Waals surface area contributed by atoms with Crippen LogP contribution in [-0.4, -0.2) is 64.0 Å². The van der Waals surface area contributed by atoms with Gasteiger partial charge in [0, 0.05) is 13.0 Å². The molecule has 0 unspecified atom stereocenters. The van der Waals surface area contributed by atoms with Gasteiger partial charge in [0.1, 0.15) is 17.4 Å². The summed E-state index contributed by atoms with van der Waals surface area (Å²) in [5.41, 5.74) is 6.59. The molecule has 13 heteroatoms. The van der Waals surface area contributed by atoms with Crippen molar-refractivity contribution in [3.05, 3.63) is 12.0 Å². The van der Waals surface area contributed by atoms with Gasteiger partial charge in [-0.3, -0.25) is 24.3 Å². The third kappa shape index (κ3) is 5.87. The van der Waals surface area contributed by atoms with E-state index in [2.05, 4.69) is 30.2 Å². The first-order valence-corrected chi connectivity index (χ1v) is 11.6. The number of esters is 2. The van der Waals surface area contributed by atoms with E-state index in [1.54, 1.807) is 0 Å². The van der Waals surface area contributed by atoms with Crippen molar-refractivity contribution in [1.29, 1.82) is 0 Å². The normalized spacial score (nSPS) is 22.6. The second kappa shape index (κ2) is 11.0. The lowest BCUT2D eigenvalue weighted by molar-refractivity contribution is -0.162. The summed E-state index contributed by atoms with van der Waals surface area (Å²) in [5.74, 6) is -0.529. The second-order valence-corrected chi connectivity index (χ2v) is 9.36. The van der Waals surface area contributed by atoms with Crippen LogP contribution in [-0.2, 0) is 23.9 Å². The Morgan fingerprint density at radius 2 is 1.71 bits per heavy atom. The number of nitrogen functional groups attached to an aromatic ring is 1. The molecule has 2 heterocycles. The average Bonchev–Trinajstić information content (AvgIpc) is 3.27. The van der Waals surface area contributed by atoms with Crippen molar-refractivity contribution >= 4 is 51.5 Å². The van der Waals surface area contributed by atoms with Crippen molar-refractivity contribution in [1.82, 2.24) is 25.5 Å². The van der Waals surface area contributed by atoms with Crippen molar-refractivity contribution in [2.45, 2.75) is 51.4 Å². The van der Waals surface area contributed by atoms with Crippen LogP contribution in [0, 0.1) is 10.8 Å². The summed E-state index contributed by atoms with van der Waals surface area (Å²) in [5, 5.41) is 9.10. The van der Waals surface area contributed by atoms with Gasteiger partial charge < -0.3 is 20.5 Å². The molecule has 2 bridgehead atoms. The lowest BCUT2D eigenvalue weighted by Gasteiger charge is -2.51. The number of nitrogens with one attached hydrogen (secondary N) is 2. The van der Waals surface area contributed by atoms with Crippen molar-refractivity contribution in [2.24, 2.45) is 10.8 Å². The molecule has 3 saturated carbocycles. The molecule has 0 aromatic carbocycles. The summed E-state index contributed by atoms with van der Waals surface area (Å²) in [4.78, 5) is 53.2. The number of amides is 1. The van der Waals surface area contributed by atoms with E-state index in [-0.39, 0.29) is 47.1 Å². The molecule has 2 aromatic rings. The summed E-state index contributed by atoms with van der Waals surface area (Å²) in [6, 6.07) is 0. The number of aromatic amines is 1. The van der Waals surface area contributed by atoms with Gasteiger partial charge in [0.05, 0.1) is 26.1 Å². The molecule has 190 valence electrons. The highest BCUT2D eigenvalue weighted by Gasteiger charge is 2.53. The fraction of sp³-hybridized carbons (Fsp3) is 0.591. The largest absolute Gasteiger partial charge is 0.469 e. The van der Waals surface area contributed by atoms with Crippen LogP contribution in [0.2, 0.25) is 0 Å². The molecular weight excluding hydrogens is 480 g/mol. The molecule has 1 amide bonds. The topological polar surface area (TPSA) is 179 Å². The van der Waals surface area contributed by atoms with Crippen molar-refractivity contribution in [3.8, 4) is 0 Å². The van der Waals surface area contributed by atoms with Crippen LogP contribution in [0.15, 0.2) is 6.33 Å². The van der Waals surface area contributed by atoms with E-state index < -0.39 is 11.2 Å². The monoisotopic (exact) mass is 508 g/mol. The fourth-order valence-electron chi connectivity index (χ4n) is 4.73. The van der Waals surface area contributed by atoms with E-state index >= 15 is 0 Å². The van der Waals surface area contributed by atoms with Crippen molar-refractivity contribution in [2.75, 3.05) is 26.5 Å². The van der Waals surface area contributed by atoms with E-state index in [1.807, 2.05) is 0 Å². The molecule has 4 N–H and O–H groups in total. The molecular formula is C22H29ClN6O6. The number of nitrogens with zero attached hydrogens (tertiary/aromatic N) is 3. The van der Waals surface area contributed by atoms with Crippen LogP contribution in [0.4, 0.5) is 5.82 Å². The first-order chi connectivity index (χ1) is 16.6. The zero-order valence-electron chi connectivity index (χ0n) is 19.7. The molecule has 35 heavy (non-hydrogen) atoms. The number of aromatic nitrogens is 4. The van der Waals surface area contributed by atoms with Crippen LogP contribution in [0.1, 0.15) is 61.9 Å². The van der Waals surface area contributed by atoms with Crippen LogP contribution < -0.4 is 11.1 Å². The lowest BCUT2D eigenvalue weighted by atomic mass is 9.53. The quantitative estimate of drug-likeness (QED) is 0.369. The lowest BCUT2D eigenvalue weighted by Crippen LogP contribution is -2.50. The van der Waals surface area contributed by atoms with E-state index in [1.165, 1.54) is 20.5 Å². The maximum Gasteiger partial charge on any atom is 0.311 e. The number of fused-ring (bicyclic) bond motifs is 4. The van der Waals surface area contributed by atoms with Gasteiger partial charge >= 0.3 is 11.9 Å². The Morgan fingerprint density at radius 3 is 2.29 bits per heavy atom. The van der Waals surface area contributed by atoms with E-state index in [4.69, 9.17) is 22.1 Å². The average molecular weight is 509 g/mol. The van der Waals surface area contributed by atoms with Gasteiger partial charge in [0.15, 0.2) is 11.5 Å². The fourth-order valence-corrected chi connectivity index (χ4v) is 4.83. The number of hydrogen-bond donors (Lipinski definition) is 3. The van der Waals surface area contributed by atoms with Gasteiger partial charge in [0.2, 0.25) is 5.24 Å². The van der Waals surface area contributed by atoms with Gasteiger partial charge in [-0.05, 0) is 55.5 Å². The maximum atomic E-state index is 12.6. The van der Waals surface area contributed by atoms with Gasteiger partial charge in [-0.25, -0.2) is 9.97 Å². The van der Waals surface area contributed by atoms with Crippen LogP contribution in [0.3, 0.4) is 0 Å². The number of H-pyrrole nitrogens is 1. The molecule has 0 spiro atoms. The molecule has 0 saturated heterocycles. The molecule has 0 atom stereocenters. The van der Waals surface area contributed by atoms with Crippen LogP contribution in [0.25, 0.3) is 11.0 Å². The predicted molar refractivity (Wildman–Crippen MR) is 125 cm³/mol. The summed E-state index contributed by atoms with van der Waals surface area (Å²) in [7, 11) is 2.72. The highest BCUT2D eigenvalue weighted by molar-refractivity contribution is 6.63. The van der Waals surface area contributed by atoms with E-state index in [0.717, 1.165) is 38.5 Å². The number of halogens is 1. The van der Waals surface area contributed by atoms with Gasteiger partial charge in [-0.15, -0.1) is 0 Å². The van der Waals surface area contributed by atoms with Crippen molar-refractivity contribution < 1.29 is 28.7 Å². The molecule has 12 nitrogen and oxygen atoms in total. The standard InChI is InChI=1S/C17H22N6O3.C5H7ClO3/c1-26-15(25)17-5-2-16(3-6-17,4-7-17)8-19-14(24)12-10-11(20-9-21-12)13(18)23-22-10;1-9-5(8)3-2-4(6)7/h9H,2-8H2,1H3,(H,19,24)(H3,18,22,23);2-3H2,1H3. The Hall–Kier alpha value is -3.28. The van der Waals surface area contributed by atoms with Crippen LogP contribution >= 0.6 is 11.6 Å². The Bertz CT molecular complexity index is 1090. The zero-order chi connectivity index (χ0) is 25.6. The van der Waals surface area contributed by atoms with E-state index in [9.17, 15) is 19.2 Å². The number of nitrogens with two attached hydrogens (primary N) is 1. The number of carbonyl (C=O) groups excluding carboxylic acids is 4. The predicted octanol–water partition coefficient (Wildman–Crippen LogP) is 1.88. The SMILES string of the molecule is COC(=O)C12CCC(CNC(=O)c3ncnc4c(N)n[nH]c34)(CC1)CC2.COC(=O)CCC(=O)Cl. The Labute approximate surface area is 206 Å². The maximum absolute atomic E-state index is 12.6. The number of methoxy groups -OCH3 is 2. The summed E-state index contributed by atoms with van der Waals surface area (Å²) in [6.45, 7) is 0.568. The first-order valence-electron chi connectivity index (χ1n) is 11.2. The summed E-state index contributed by atoms with van der Waals surface area (Å²) < 4.78 is 9.25. The summed E-state index contributed by atoms with van der Waals surface area (Å²) in [6.07, 6.45) is 6.65. The van der Waals surface area contributed by atoms with Gasteiger partial charge in [0.25, 0.3) is 5.91 Å². The smallest absolute Gasteiger partial charge is 0.311 e. The second-order valence-electron chi connectivity index (χ2n) is 8.94. The minimum atomic E-state index is -0.514. The molecule has 2 aromatic heterocycles. The summed E-state index contributed by atoms with van der Waals surface area (Å²) >= 11 is 4.93. The minimum absolute atomic E-state index is 0.0462. The van der Waals surface area contributed by atoms with Gasteiger partial charge in [-0.1, -0.05) is 0 Å². The van der Waals surface area contributed by atoms with Crippen molar-refractivity contribution in [3.63, 3.8) is 0 Å². The van der Waals surface area contributed by atoms with Gasteiger partial charge in [-0.2, -0.15) is 5.10 Å². The van der Waals surface area contributed by atoms with Crippen LogP contribution in [0.5, 0.6) is 0 Å².